The zero-order valence-corrected chi connectivity index (χ0v) is 20.2. The van der Waals surface area contributed by atoms with Gasteiger partial charge in [-0.1, -0.05) is 60.8 Å². The molecule has 0 radical (unpaired) electrons. The average molecular weight is 397 g/mol. The van der Waals surface area contributed by atoms with Crippen molar-refractivity contribution < 1.29 is 14.6 Å². The maximum atomic E-state index is 12.6. The van der Waals surface area contributed by atoms with Crippen LogP contribution in [0.15, 0.2) is 0 Å². The first-order valence-electron chi connectivity index (χ1n) is 11.6. The lowest BCUT2D eigenvalue weighted by Crippen LogP contribution is -2.46. The van der Waals surface area contributed by atoms with Crippen LogP contribution in [0.3, 0.4) is 0 Å². The first-order valence-corrected chi connectivity index (χ1v) is 11.6. The molecule has 1 aliphatic carbocycles. The highest BCUT2D eigenvalue weighted by molar-refractivity contribution is 5.75. The summed E-state index contributed by atoms with van der Waals surface area (Å²) in [4.78, 5) is 12.6. The van der Waals surface area contributed by atoms with Crippen LogP contribution in [0.25, 0.3) is 0 Å². The molecule has 0 bridgehead atoms. The molecule has 1 aliphatic rings. The van der Waals surface area contributed by atoms with Gasteiger partial charge in [0.25, 0.3) is 0 Å². The standard InChI is InChI=1S/C25H48O3/c1-18(2)12-11-15-23(5,6)20-13-10-14-21(20)25(9,27)17-28-22(26)24(7,8)16-19(3)4/h18-21,27H,10-17H2,1-9H3. The van der Waals surface area contributed by atoms with Crippen LogP contribution in [0.2, 0.25) is 0 Å². The third kappa shape index (κ3) is 7.35. The summed E-state index contributed by atoms with van der Waals surface area (Å²) in [6.45, 7) is 19.4. The van der Waals surface area contributed by atoms with Crippen molar-refractivity contribution in [3.8, 4) is 0 Å². The minimum atomic E-state index is -0.958. The molecule has 0 aromatic rings. The first-order chi connectivity index (χ1) is 12.7. The SMILES string of the molecule is CC(C)CCCC(C)(C)C1CCCC1C(C)(O)COC(=O)C(C)(C)CC(C)C. The van der Waals surface area contributed by atoms with Crippen molar-refractivity contribution >= 4 is 5.97 Å². The predicted molar refractivity (Wildman–Crippen MR) is 118 cm³/mol. The summed E-state index contributed by atoms with van der Waals surface area (Å²) in [6.07, 6.45) is 7.85. The molecule has 3 atom stereocenters. The van der Waals surface area contributed by atoms with E-state index >= 15 is 0 Å². The molecule has 3 nitrogen and oxygen atoms in total. The Balaban J connectivity index is 2.73. The number of esters is 1. The smallest absolute Gasteiger partial charge is 0.311 e. The molecule has 0 aromatic carbocycles. The minimum Gasteiger partial charge on any atom is -0.462 e. The molecular formula is C25H48O3. The van der Waals surface area contributed by atoms with Gasteiger partial charge in [0.05, 0.1) is 11.0 Å². The summed E-state index contributed by atoms with van der Waals surface area (Å²) < 4.78 is 5.67. The van der Waals surface area contributed by atoms with E-state index in [9.17, 15) is 9.90 Å². The first kappa shape index (κ1) is 25.5. The number of carbonyl (C=O) groups excluding carboxylic acids is 1. The highest BCUT2D eigenvalue weighted by Gasteiger charge is 2.47. The van der Waals surface area contributed by atoms with Gasteiger partial charge in [0.2, 0.25) is 0 Å². The molecule has 166 valence electrons. The highest BCUT2D eigenvalue weighted by atomic mass is 16.5. The van der Waals surface area contributed by atoms with Gasteiger partial charge in [-0.3, -0.25) is 4.79 Å². The number of rotatable bonds is 11. The second kappa shape index (κ2) is 9.96. The van der Waals surface area contributed by atoms with Crippen molar-refractivity contribution in [1.29, 1.82) is 0 Å². The van der Waals surface area contributed by atoms with Gasteiger partial charge in [-0.2, -0.15) is 0 Å². The Kier molecular flexibility index (Phi) is 9.06. The summed E-state index contributed by atoms with van der Waals surface area (Å²) in [6, 6.07) is 0. The molecular weight excluding hydrogens is 348 g/mol. The number of carbonyl (C=O) groups is 1. The van der Waals surface area contributed by atoms with Crippen molar-refractivity contribution in [2.75, 3.05) is 6.61 Å². The van der Waals surface area contributed by atoms with Crippen LogP contribution in [-0.4, -0.2) is 23.3 Å². The molecule has 28 heavy (non-hydrogen) atoms. The lowest BCUT2D eigenvalue weighted by molar-refractivity contribution is -0.167. The van der Waals surface area contributed by atoms with E-state index in [-0.39, 0.29) is 23.9 Å². The van der Waals surface area contributed by atoms with Gasteiger partial charge in [-0.15, -0.1) is 0 Å². The van der Waals surface area contributed by atoms with Crippen LogP contribution in [0.5, 0.6) is 0 Å². The summed E-state index contributed by atoms with van der Waals surface area (Å²) in [5.74, 6) is 1.67. The maximum absolute atomic E-state index is 12.6. The topological polar surface area (TPSA) is 46.5 Å². The fraction of sp³-hybridized carbons (Fsp3) is 0.960. The van der Waals surface area contributed by atoms with E-state index < -0.39 is 11.0 Å². The van der Waals surface area contributed by atoms with Crippen LogP contribution < -0.4 is 0 Å². The van der Waals surface area contributed by atoms with Gasteiger partial charge in [-0.25, -0.2) is 0 Å². The minimum absolute atomic E-state index is 0.108. The predicted octanol–water partition coefficient (Wildman–Crippen LogP) is 6.62. The normalized spacial score (nSPS) is 23.3. The van der Waals surface area contributed by atoms with Gasteiger partial charge >= 0.3 is 5.97 Å². The van der Waals surface area contributed by atoms with Crippen molar-refractivity contribution in [3.63, 3.8) is 0 Å². The van der Waals surface area contributed by atoms with E-state index in [1.165, 1.54) is 25.7 Å². The van der Waals surface area contributed by atoms with Crippen molar-refractivity contribution in [2.24, 2.45) is 34.5 Å². The molecule has 1 saturated carbocycles. The lowest BCUT2D eigenvalue weighted by Gasteiger charge is -2.42. The van der Waals surface area contributed by atoms with Crippen molar-refractivity contribution in [2.45, 2.75) is 113 Å². The third-order valence-electron chi connectivity index (χ3n) is 6.89. The van der Waals surface area contributed by atoms with Crippen LogP contribution in [0.1, 0.15) is 107 Å². The van der Waals surface area contributed by atoms with E-state index in [4.69, 9.17) is 4.74 Å². The molecule has 1 N–H and O–H groups in total. The Bertz CT molecular complexity index is 488. The Morgan fingerprint density at radius 1 is 1.00 bits per heavy atom. The molecule has 3 unspecified atom stereocenters. The fourth-order valence-corrected chi connectivity index (χ4v) is 5.41. The second-order valence-corrected chi connectivity index (χ2v) is 11.8. The molecule has 0 aromatic heterocycles. The summed E-state index contributed by atoms with van der Waals surface area (Å²) in [7, 11) is 0. The summed E-state index contributed by atoms with van der Waals surface area (Å²) >= 11 is 0. The van der Waals surface area contributed by atoms with E-state index in [0.717, 1.165) is 25.2 Å². The number of hydrogen-bond acceptors (Lipinski definition) is 3. The van der Waals surface area contributed by atoms with Crippen LogP contribution in [-0.2, 0) is 9.53 Å². The van der Waals surface area contributed by atoms with Gasteiger partial charge in [0.1, 0.15) is 6.61 Å². The summed E-state index contributed by atoms with van der Waals surface area (Å²) in [5.41, 5.74) is -1.25. The van der Waals surface area contributed by atoms with Gasteiger partial charge in [-0.05, 0) is 75.5 Å². The second-order valence-electron chi connectivity index (χ2n) is 11.8. The lowest BCUT2D eigenvalue weighted by atomic mass is 9.66. The largest absolute Gasteiger partial charge is 0.462 e. The van der Waals surface area contributed by atoms with Crippen molar-refractivity contribution in [1.82, 2.24) is 0 Å². The van der Waals surface area contributed by atoms with Gasteiger partial charge in [0.15, 0.2) is 0 Å². The molecule has 0 saturated heterocycles. The van der Waals surface area contributed by atoms with Gasteiger partial charge in [0, 0.05) is 0 Å². The third-order valence-corrected chi connectivity index (χ3v) is 6.89. The molecule has 0 heterocycles. The van der Waals surface area contributed by atoms with E-state index in [2.05, 4.69) is 41.5 Å². The number of aliphatic hydroxyl groups is 1. The van der Waals surface area contributed by atoms with E-state index in [0.29, 0.717) is 11.8 Å². The summed E-state index contributed by atoms with van der Waals surface area (Å²) in [5, 5.41) is 11.3. The molecule has 1 fully saturated rings. The fourth-order valence-electron chi connectivity index (χ4n) is 5.41. The zero-order valence-electron chi connectivity index (χ0n) is 20.2. The maximum Gasteiger partial charge on any atom is 0.311 e. The average Bonchev–Trinajstić information content (AvgIpc) is 3.02. The zero-order chi connectivity index (χ0) is 21.8. The molecule has 3 heteroatoms. The Morgan fingerprint density at radius 3 is 2.11 bits per heavy atom. The van der Waals surface area contributed by atoms with E-state index in [1.54, 1.807) is 0 Å². The van der Waals surface area contributed by atoms with Gasteiger partial charge < -0.3 is 9.84 Å². The quantitative estimate of drug-likeness (QED) is 0.399. The van der Waals surface area contributed by atoms with E-state index in [1.807, 2.05) is 20.8 Å². The molecule has 0 amide bonds. The van der Waals surface area contributed by atoms with Crippen LogP contribution in [0.4, 0.5) is 0 Å². The Hall–Kier alpha value is -0.570. The van der Waals surface area contributed by atoms with Crippen LogP contribution >= 0.6 is 0 Å². The van der Waals surface area contributed by atoms with Crippen molar-refractivity contribution in [3.05, 3.63) is 0 Å². The monoisotopic (exact) mass is 396 g/mol. The number of ether oxygens (including phenoxy) is 1. The Labute approximate surface area is 175 Å². The number of hydrogen-bond donors (Lipinski definition) is 1. The molecule has 0 spiro atoms. The highest BCUT2D eigenvalue weighted by Crippen LogP contribution is 2.50. The molecule has 0 aliphatic heterocycles. The Morgan fingerprint density at radius 2 is 1.57 bits per heavy atom. The molecule has 1 rings (SSSR count). The van der Waals surface area contributed by atoms with Crippen LogP contribution in [0, 0.1) is 34.5 Å².